The van der Waals surface area contributed by atoms with Crippen LogP contribution in [0.2, 0.25) is 5.02 Å². The molecule has 0 unspecified atom stereocenters. The number of sulfonamides is 1. The first-order valence-corrected chi connectivity index (χ1v) is 11.4. The summed E-state index contributed by atoms with van der Waals surface area (Å²) in [5, 5.41) is 3.23. The molecule has 9 heteroatoms. The Morgan fingerprint density at radius 2 is 1.72 bits per heavy atom. The second-order valence-corrected chi connectivity index (χ2v) is 9.09. The molecule has 0 saturated heterocycles. The number of rotatable bonds is 8. The second kappa shape index (κ2) is 9.93. The van der Waals surface area contributed by atoms with Crippen molar-refractivity contribution in [2.45, 2.75) is 11.8 Å². The molecule has 0 spiro atoms. The van der Waals surface area contributed by atoms with Gasteiger partial charge < -0.3 is 14.8 Å². The van der Waals surface area contributed by atoms with Crippen LogP contribution in [0.4, 0.5) is 11.4 Å². The van der Waals surface area contributed by atoms with Gasteiger partial charge in [0.05, 0.1) is 24.8 Å². The predicted molar refractivity (Wildman–Crippen MR) is 125 cm³/mol. The minimum absolute atomic E-state index is 0.0385. The summed E-state index contributed by atoms with van der Waals surface area (Å²) >= 11 is 6.14. The molecule has 168 valence electrons. The van der Waals surface area contributed by atoms with Gasteiger partial charge in [-0.1, -0.05) is 35.9 Å². The maximum Gasteiger partial charge on any atom is 0.264 e. The zero-order valence-electron chi connectivity index (χ0n) is 17.8. The number of nitrogens with zero attached hydrogens (tertiary/aromatic N) is 1. The molecule has 0 fully saturated rings. The summed E-state index contributed by atoms with van der Waals surface area (Å²) in [4.78, 5) is 13.0. The fraction of sp³-hybridized carbons (Fsp3) is 0.174. The highest BCUT2D eigenvalue weighted by Gasteiger charge is 2.30. The molecule has 0 aliphatic heterocycles. The molecule has 0 bridgehead atoms. The Balaban J connectivity index is 2.05. The third-order valence-electron chi connectivity index (χ3n) is 4.81. The summed E-state index contributed by atoms with van der Waals surface area (Å²) in [5.74, 6) is 0.150. The van der Waals surface area contributed by atoms with Crippen LogP contribution >= 0.6 is 11.6 Å². The lowest BCUT2D eigenvalue weighted by molar-refractivity contribution is -0.114. The molecule has 3 aromatic rings. The van der Waals surface area contributed by atoms with E-state index in [1.165, 1.54) is 32.4 Å². The topological polar surface area (TPSA) is 84.9 Å². The van der Waals surface area contributed by atoms with Crippen LogP contribution in [0.5, 0.6) is 11.5 Å². The van der Waals surface area contributed by atoms with E-state index < -0.39 is 22.5 Å². The van der Waals surface area contributed by atoms with Gasteiger partial charge in [0.2, 0.25) is 5.91 Å². The molecular weight excluding hydrogens is 452 g/mol. The van der Waals surface area contributed by atoms with E-state index in [0.29, 0.717) is 22.0 Å². The Labute approximate surface area is 192 Å². The summed E-state index contributed by atoms with van der Waals surface area (Å²) < 4.78 is 38.7. The van der Waals surface area contributed by atoms with Gasteiger partial charge in [-0.2, -0.15) is 0 Å². The molecule has 0 heterocycles. The number of anilines is 2. The average molecular weight is 475 g/mol. The van der Waals surface area contributed by atoms with Crippen molar-refractivity contribution >= 4 is 38.9 Å². The van der Waals surface area contributed by atoms with Crippen LogP contribution in [0.3, 0.4) is 0 Å². The van der Waals surface area contributed by atoms with Crippen LogP contribution < -0.4 is 19.1 Å². The first-order chi connectivity index (χ1) is 15.3. The van der Waals surface area contributed by atoms with Gasteiger partial charge in [0.1, 0.15) is 18.0 Å². The average Bonchev–Trinajstić information content (AvgIpc) is 2.80. The van der Waals surface area contributed by atoms with Crippen molar-refractivity contribution in [3.05, 3.63) is 77.3 Å². The Hall–Kier alpha value is -3.23. The third-order valence-corrected chi connectivity index (χ3v) is 7.00. The van der Waals surface area contributed by atoms with E-state index in [0.717, 1.165) is 4.31 Å². The molecule has 0 aromatic heterocycles. The van der Waals surface area contributed by atoms with E-state index >= 15 is 0 Å². The van der Waals surface area contributed by atoms with Crippen molar-refractivity contribution in [1.29, 1.82) is 0 Å². The molecule has 0 aliphatic carbocycles. The van der Waals surface area contributed by atoms with Crippen molar-refractivity contribution in [2.24, 2.45) is 0 Å². The largest absolute Gasteiger partial charge is 0.497 e. The van der Waals surface area contributed by atoms with Crippen LogP contribution in [-0.4, -0.2) is 35.1 Å². The van der Waals surface area contributed by atoms with Gasteiger partial charge in [-0.05, 0) is 48.9 Å². The number of hydrogen-bond donors (Lipinski definition) is 1. The standard InChI is InChI=1S/C23H23ClN2O5S/c1-16-19(24)10-7-11-20(16)25-23(27)15-26(32(28,29)18-8-5-4-6-9-18)21-14-17(30-2)12-13-22(21)31-3/h4-14H,15H2,1-3H3,(H,25,27). The van der Waals surface area contributed by atoms with Gasteiger partial charge in [-0.15, -0.1) is 0 Å². The van der Waals surface area contributed by atoms with Gasteiger partial charge in [0.25, 0.3) is 10.0 Å². The van der Waals surface area contributed by atoms with E-state index in [-0.39, 0.29) is 16.3 Å². The highest BCUT2D eigenvalue weighted by atomic mass is 35.5. The summed E-state index contributed by atoms with van der Waals surface area (Å²) in [6, 6.07) is 17.7. The molecule has 32 heavy (non-hydrogen) atoms. The lowest BCUT2D eigenvalue weighted by atomic mass is 10.2. The van der Waals surface area contributed by atoms with E-state index in [1.807, 2.05) is 0 Å². The number of carbonyl (C=O) groups is 1. The van der Waals surface area contributed by atoms with E-state index in [1.54, 1.807) is 55.5 Å². The molecule has 0 aliphatic rings. The quantitative estimate of drug-likeness (QED) is 0.519. The van der Waals surface area contributed by atoms with Gasteiger partial charge in [-0.3, -0.25) is 9.10 Å². The highest BCUT2D eigenvalue weighted by molar-refractivity contribution is 7.92. The van der Waals surface area contributed by atoms with E-state index in [9.17, 15) is 13.2 Å². The minimum atomic E-state index is -4.11. The van der Waals surface area contributed by atoms with Gasteiger partial charge >= 0.3 is 0 Å². The molecule has 1 N–H and O–H groups in total. The van der Waals surface area contributed by atoms with Crippen LogP contribution in [0.1, 0.15) is 5.56 Å². The van der Waals surface area contributed by atoms with Crippen molar-refractivity contribution in [3.63, 3.8) is 0 Å². The number of amides is 1. The molecule has 0 radical (unpaired) electrons. The van der Waals surface area contributed by atoms with Crippen molar-refractivity contribution in [2.75, 3.05) is 30.4 Å². The van der Waals surface area contributed by atoms with Crippen molar-refractivity contribution in [3.8, 4) is 11.5 Å². The molecule has 3 aromatic carbocycles. The fourth-order valence-corrected chi connectivity index (χ4v) is 4.69. The second-order valence-electron chi connectivity index (χ2n) is 6.82. The minimum Gasteiger partial charge on any atom is -0.497 e. The maximum absolute atomic E-state index is 13.5. The van der Waals surface area contributed by atoms with E-state index in [4.69, 9.17) is 21.1 Å². The zero-order valence-corrected chi connectivity index (χ0v) is 19.4. The molecule has 7 nitrogen and oxygen atoms in total. The van der Waals surface area contributed by atoms with Gasteiger partial charge in [-0.25, -0.2) is 8.42 Å². The monoisotopic (exact) mass is 474 g/mol. The van der Waals surface area contributed by atoms with Gasteiger partial charge in [0, 0.05) is 16.8 Å². The maximum atomic E-state index is 13.5. The Morgan fingerprint density at radius 3 is 2.38 bits per heavy atom. The summed E-state index contributed by atoms with van der Waals surface area (Å²) in [6.07, 6.45) is 0. The Bertz CT molecular complexity index is 1220. The molecule has 3 rings (SSSR count). The fourth-order valence-electron chi connectivity index (χ4n) is 3.07. The van der Waals surface area contributed by atoms with E-state index in [2.05, 4.69) is 5.32 Å². The smallest absolute Gasteiger partial charge is 0.264 e. The van der Waals surface area contributed by atoms with Crippen molar-refractivity contribution < 1.29 is 22.7 Å². The highest BCUT2D eigenvalue weighted by Crippen LogP contribution is 2.35. The van der Waals surface area contributed by atoms with Crippen LogP contribution in [-0.2, 0) is 14.8 Å². The molecule has 0 atom stereocenters. The molecule has 0 saturated carbocycles. The molecule has 1 amide bonds. The van der Waals surface area contributed by atoms with Gasteiger partial charge in [0.15, 0.2) is 0 Å². The number of nitrogens with one attached hydrogen (secondary N) is 1. The lowest BCUT2D eigenvalue weighted by Crippen LogP contribution is -2.38. The third kappa shape index (κ3) is 4.98. The van der Waals surface area contributed by atoms with Crippen molar-refractivity contribution in [1.82, 2.24) is 0 Å². The van der Waals surface area contributed by atoms with Crippen LogP contribution in [0, 0.1) is 6.92 Å². The SMILES string of the molecule is COc1ccc(OC)c(N(CC(=O)Nc2cccc(Cl)c2C)S(=O)(=O)c2ccccc2)c1. The number of halogens is 1. The number of hydrogen-bond acceptors (Lipinski definition) is 5. The normalized spacial score (nSPS) is 11.0. The Morgan fingerprint density at radius 1 is 1.00 bits per heavy atom. The van der Waals surface area contributed by atoms with Crippen LogP contribution in [0.15, 0.2) is 71.6 Å². The number of ether oxygens (including phenoxy) is 2. The predicted octanol–water partition coefficient (Wildman–Crippen LogP) is 4.50. The van der Waals surface area contributed by atoms with Crippen LogP contribution in [0.25, 0.3) is 0 Å². The first-order valence-electron chi connectivity index (χ1n) is 9.62. The summed E-state index contributed by atoms with van der Waals surface area (Å²) in [6.45, 7) is 1.27. The number of carbonyl (C=O) groups excluding carboxylic acids is 1. The zero-order chi connectivity index (χ0) is 23.3. The lowest BCUT2D eigenvalue weighted by Gasteiger charge is -2.26. The molecular formula is C23H23ClN2O5S. The number of methoxy groups -OCH3 is 2. The first kappa shape index (κ1) is 23.4. The Kier molecular flexibility index (Phi) is 7.27. The number of benzene rings is 3. The summed E-state index contributed by atoms with van der Waals surface area (Å²) in [5.41, 5.74) is 1.35. The summed E-state index contributed by atoms with van der Waals surface area (Å²) in [7, 11) is -1.21.